The Hall–Kier alpha value is -1.23. The standard InChI is InChI=1S/C20H31NO7S2/c1-3-5-9-26-18(23)17(19(24)27-10-6-4-2)20-29-14-16(30-20)28-15(22)13-21-7-11-25-12-8-21/h16H,3-14H2,1-2H3. The highest BCUT2D eigenvalue weighted by Crippen LogP contribution is 2.44. The molecule has 1 atom stereocenters. The molecule has 8 nitrogen and oxygen atoms in total. The lowest BCUT2D eigenvalue weighted by molar-refractivity contribution is -0.148. The van der Waals surface area contributed by atoms with Gasteiger partial charge in [-0.3, -0.25) is 9.69 Å². The number of hydrogen-bond acceptors (Lipinski definition) is 10. The number of rotatable bonds is 11. The number of nitrogens with zero attached hydrogens (tertiary/aromatic N) is 1. The molecule has 0 spiro atoms. The molecular weight excluding hydrogens is 430 g/mol. The number of morpholine rings is 1. The zero-order chi connectivity index (χ0) is 21.8. The Morgan fingerprint density at radius 1 is 1.03 bits per heavy atom. The third kappa shape index (κ3) is 8.49. The zero-order valence-electron chi connectivity index (χ0n) is 17.7. The lowest BCUT2D eigenvalue weighted by Crippen LogP contribution is -2.40. The van der Waals surface area contributed by atoms with E-state index in [9.17, 15) is 14.4 Å². The Morgan fingerprint density at radius 2 is 1.63 bits per heavy atom. The minimum Gasteiger partial charge on any atom is -0.462 e. The van der Waals surface area contributed by atoms with Gasteiger partial charge in [0.2, 0.25) is 0 Å². The molecule has 0 saturated carbocycles. The summed E-state index contributed by atoms with van der Waals surface area (Å²) in [4.78, 5) is 39.3. The molecule has 0 aromatic heterocycles. The van der Waals surface area contributed by atoms with Gasteiger partial charge in [0.1, 0.15) is 0 Å². The van der Waals surface area contributed by atoms with Gasteiger partial charge in [0.25, 0.3) is 0 Å². The highest BCUT2D eigenvalue weighted by atomic mass is 32.2. The van der Waals surface area contributed by atoms with Crippen molar-refractivity contribution in [3.8, 4) is 0 Å². The fourth-order valence-corrected chi connectivity index (χ4v) is 5.28. The van der Waals surface area contributed by atoms with Crippen LogP contribution in [0.3, 0.4) is 0 Å². The molecule has 0 amide bonds. The third-order valence-electron chi connectivity index (χ3n) is 4.38. The van der Waals surface area contributed by atoms with Gasteiger partial charge in [-0.05, 0) is 12.8 Å². The number of esters is 3. The van der Waals surface area contributed by atoms with Gasteiger partial charge in [-0.1, -0.05) is 38.5 Å². The van der Waals surface area contributed by atoms with E-state index in [1.54, 1.807) is 0 Å². The molecule has 1 unspecified atom stereocenters. The number of hydrogen-bond donors (Lipinski definition) is 0. The topological polar surface area (TPSA) is 91.4 Å². The minimum absolute atomic E-state index is 0.0936. The van der Waals surface area contributed by atoms with Crippen LogP contribution in [0.25, 0.3) is 0 Å². The van der Waals surface area contributed by atoms with Gasteiger partial charge >= 0.3 is 17.9 Å². The SMILES string of the molecule is CCCCOC(=O)C(C(=O)OCCCC)=C1SCC(OC(=O)CN2CCOCC2)S1. The van der Waals surface area contributed by atoms with Crippen LogP contribution in [0.1, 0.15) is 39.5 Å². The van der Waals surface area contributed by atoms with Crippen LogP contribution in [0.4, 0.5) is 0 Å². The van der Waals surface area contributed by atoms with Crippen molar-refractivity contribution in [2.24, 2.45) is 0 Å². The van der Waals surface area contributed by atoms with Gasteiger partial charge in [0, 0.05) is 18.8 Å². The molecule has 2 rings (SSSR count). The summed E-state index contributed by atoms with van der Waals surface area (Å²) < 4.78 is 21.8. The molecule has 10 heteroatoms. The lowest BCUT2D eigenvalue weighted by atomic mass is 10.3. The van der Waals surface area contributed by atoms with Crippen LogP contribution in [-0.2, 0) is 33.3 Å². The van der Waals surface area contributed by atoms with Crippen molar-refractivity contribution in [3.05, 3.63) is 9.81 Å². The molecule has 30 heavy (non-hydrogen) atoms. The quantitative estimate of drug-likeness (QED) is 0.114. The molecular formula is C20H31NO7S2. The average molecular weight is 462 g/mol. The molecule has 0 N–H and O–H groups in total. The molecule has 2 heterocycles. The van der Waals surface area contributed by atoms with E-state index in [2.05, 4.69) is 0 Å². The molecule has 0 aromatic rings. The number of thioether (sulfide) groups is 2. The Labute approximate surface area is 186 Å². The first-order chi connectivity index (χ1) is 14.5. The smallest absolute Gasteiger partial charge is 0.347 e. The molecule has 0 aliphatic carbocycles. The van der Waals surface area contributed by atoms with E-state index in [1.165, 1.54) is 23.5 Å². The number of carbonyl (C=O) groups is 3. The predicted octanol–water partition coefficient (Wildman–Crippen LogP) is 2.57. The largest absolute Gasteiger partial charge is 0.462 e. The minimum atomic E-state index is -0.680. The maximum atomic E-state index is 12.5. The van der Waals surface area contributed by atoms with Crippen molar-refractivity contribution in [2.45, 2.75) is 45.0 Å². The zero-order valence-corrected chi connectivity index (χ0v) is 19.3. The first-order valence-electron chi connectivity index (χ1n) is 10.4. The fraction of sp³-hybridized carbons (Fsp3) is 0.750. The fourth-order valence-electron chi connectivity index (χ4n) is 2.66. The van der Waals surface area contributed by atoms with Gasteiger partial charge in [-0.25, -0.2) is 9.59 Å². The molecule has 2 fully saturated rings. The molecule has 2 aliphatic heterocycles. The van der Waals surface area contributed by atoms with Gasteiger partial charge in [0.15, 0.2) is 11.0 Å². The Bertz CT molecular complexity index is 596. The number of ether oxygens (including phenoxy) is 4. The number of carbonyl (C=O) groups excluding carboxylic acids is 3. The summed E-state index contributed by atoms with van der Waals surface area (Å²) in [6.45, 7) is 7.30. The van der Waals surface area contributed by atoms with Crippen molar-refractivity contribution < 1.29 is 33.3 Å². The summed E-state index contributed by atoms with van der Waals surface area (Å²) in [5.41, 5.74) is -0.552. The molecule has 2 aliphatic rings. The maximum absolute atomic E-state index is 12.5. The summed E-state index contributed by atoms with van der Waals surface area (Å²) in [7, 11) is 0. The van der Waals surface area contributed by atoms with Crippen molar-refractivity contribution >= 4 is 41.4 Å². The van der Waals surface area contributed by atoms with Crippen molar-refractivity contribution in [2.75, 3.05) is 51.8 Å². The molecule has 0 aromatic carbocycles. The normalized spacial score (nSPS) is 19.4. The Kier molecular flexibility index (Phi) is 11.6. The van der Waals surface area contributed by atoms with E-state index < -0.39 is 17.4 Å². The maximum Gasteiger partial charge on any atom is 0.347 e. The van der Waals surface area contributed by atoms with Crippen molar-refractivity contribution in [1.82, 2.24) is 4.90 Å². The van der Waals surface area contributed by atoms with Crippen LogP contribution in [0.5, 0.6) is 0 Å². The monoisotopic (exact) mass is 461 g/mol. The van der Waals surface area contributed by atoms with Gasteiger partial charge in [-0.2, -0.15) is 0 Å². The van der Waals surface area contributed by atoms with E-state index in [0.717, 1.165) is 25.7 Å². The van der Waals surface area contributed by atoms with Crippen molar-refractivity contribution in [3.63, 3.8) is 0 Å². The summed E-state index contributed by atoms with van der Waals surface area (Å²) in [6, 6.07) is 0. The molecule has 0 radical (unpaired) electrons. The Morgan fingerprint density at radius 3 is 2.20 bits per heavy atom. The van der Waals surface area contributed by atoms with Crippen LogP contribution < -0.4 is 0 Å². The van der Waals surface area contributed by atoms with E-state index in [1.807, 2.05) is 18.7 Å². The highest BCUT2D eigenvalue weighted by Gasteiger charge is 2.34. The van der Waals surface area contributed by atoms with Crippen LogP contribution in [0, 0.1) is 0 Å². The first kappa shape index (κ1) is 25.0. The van der Waals surface area contributed by atoms with Crippen molar-refractivity contribution in [1.29, 1.82) is 0 Å². The summed E-state index contributed by atoms with van der Waals surface area (Å²) >= 11 is 2.51. The second kappa shape index (κ2) is 14.0. The van der Waals surface area contributed by atoms with E-state index in [0.29, 0.717) is 36.3 Å². The average Bonchev–Trinajstić information content (AvgIpc) is 3.17. The van der Waals surface area contributed by atoms with Gasteiger partial charge in [0.05, 0.1) is 37.2 Å². The van der Waals surface area contributed by atoms with Crippen LogP contribution in [0.2, 0.25) is 0 Å². The van der Waals surface area contributed by atoms with Gasteiger partial charge < -0.3 is 18.9 Å². The van der Waals surface area contributed by atoms with E-state index >= 15 is 0 Å². The third-order valence-corrected chi connectivity index (χ3v) is 7.12. The van der Waals surface area contributed by atoms with Crippen LogP contribution >= 0.6 is 23.5 Å². The lowest BCUT2D eigenvalue weighted by Gasteiger charge is -2.25. The summed E-state index contributed by atoms with van der Waals surface area (Å²) in [6.07, 6.45) is 3.21. The molecule has 2 saturated heterocycles. The van der Waals surface area contributed by atoms with E-state index in [4.69, 9.17) is 18.9 Å². The summed E-state index contributed by atoms with van der Waals surface area (Å²) in [5, 5.41) is 0. The second-order valence-corrected chi connectivity index (χ2v) is 9.34. The van der Waals surface area contributed by atoms with E-state index in [-0.39, 0.29) is 31.3 Å². The van der Waals surface area contributed by atoms with Gasteiger partial charge in [-0.15, -0.1) is 11.8 Å². The second-order valence-electron chi connectivity index (χ2n) is 6.88. The Balaban J connectivity index is 1.97. The highest BCUT2D eigenvalue weighted by molar-refractivity contribution is 8.25. The number of unbranched alkanes of at least 4 members (excludes halogenated alkanes) is 2. The van der Waals surface area contributed by atoms with Crippen LogP contribution in [0.15, 0.2) is 9.81 Å². The molecule has 170 valence electrons. The van der Waals surface area contributed by atoms with Crippen LogP contribution in [-0.4, -0.2) is 80.1 Å². The predicted molar refractivity (Wildman–Crippen MR) is 116 cm³/mol. The molecule has 0 bridgehead atoms. The summed E-state index contributed by atoms with van der Waals surface area (Å²) in [5.74, 6) is -1.22. The first-order valence-corrected chi connectivity index (χ1v) is 12.3.